The number of aromatic hydroxyl groups is 1. The fourth-order valence-corrected chi connectivity index (χ4v) is 6.49. The Morgan fingerprint density at radius 1 is 0.750 bits per heavy atom. The van der Waals surface area contributed by atoms with E-state index in [4.69, 9.17) is 4.74 Å². The minimum atomic E-state index is 0.258. The molecule has 0 aromatic heterocycles. The Balaban J connectivity index is 0.907. The van der Waals surface area contributed by atoms with E-state index in [2.05, 4.69) is 94.4 Å². The molecule has 1 heterocycles. The molecule has 1 aliphatic carbocycles. The predicted octanol–water partition coefficient (Wildman–Crippen LogP) is 7.21. The molecule has 1 saturated heterocycles. The van der Waals surface area contributed by atoms with Crippen molar-refractivity contribution in [2.75, 3.05) is 32.7 Å². The van der Waals surface area contributed by atoms with Crippen LogP contribution in [0, 0.1) is 0 Å². The highest BCUT2D eigenvalue weighted by atomic mass is 16.5. The molecule has 4 aromatic rings. The van der Waals surface area contributed by atoms with Gasteiger partial charge in [0.2, 0.25) is 0 Å². The summed E-state index contributed by atoms with van der Waals surface area (Å²) in [5.41, 5.74) is 6.19. The largest absolute Gasteiger partial charge is 0.504 e. The van der Waals surface area contributed by atoms with Crippen LogP contribution < -0.4 is 15.4 Å². The Hall–Kier alpha value is -3.64. The molecular formula is C39H47N3O2. The van der Waals surface area contributed by atoms with E-state index >= 15 is 0 Å². The number of hydrogen-bond acceptors (Lipinski definition) is 5. The van der Waals surface area contributed by atoms with Crippen molar-refractivity contribution in [1.82, 2.24) is 15.5 Å². The molecular weight excluding hydrogens is 542 g/mol. The first-order chi connectivity index (χ1) is 21.7. The number of piperidine rings is 1. The number of phenolic OH excluding ortho intramolecular Hbond substituents is 1. The third-order valence-corrected chi connectivity index (χ3v) is 9.13. The van der Waals surface area contributed by atoms with E-state index in [1.807, 2.05) is 24.3 Å². The van der Waals surface area contributed by atoms with Gasteiger partial charge in [-0.2, -0.15) is 0 Å². The van der Waals surface area contributed by atoms with E-state index in [0.29, 0.717) is 30.2 Å². The van der Waals surface area contributed by atoms with E-state index in [1.165, 1.54) is 36.8 Å². The topological polar surface area (TPSA) is 56.8 Å². The van der Waals surface area contributed by atoms with Gasteiger partial charge in [0.1, 0.15) is 6.61 Å². The maximum absolute atomic E-state index is 10.8. The number of nitrogens with zero attached hydrogens (tertiary/aromatic N) is 1. The molecule has 5 nitrogen and oxygen atoms in total. The molecule has 4 aromatic carbocycles. The first-order valence-corrected chi connectivity index (χ1v) is 16.5. The Bertz CT molecular complexity index is 1380. The summed E-state index contributed by atoms with van der Waals surface area (Å²) in [6.45, 7) is 6.57. The maximum Gasteiger partial charge on any atom is 0.164 e. The SMILES string of the molecule is Oc1cc(CNCCCNC2CCN(CC(c3ccccc3)c3ccccc3)CC2)cc(C2CC2)c1OCc1ccccc1. The van der Waals surface area contributed by atoms with Gasteiger partial charge in [-0.05, 0) is 92.5 Å². The molecule has 230 valence electrons. The van der Waals surface area contributed by atoms with Gasteiger partial charge in [-0.3, -0.25) is 0 Å². The molecule has 3 N–H and O–H groups in total. The molecule has 1 saturated carbocycles. The lowest BCUT2D eigenvalue weighted by Crippen LogP contribution is -2.44. The number of phenols is 1. The Morgan fingerprint density at radius 3 is 2.02 bits per heavy atom. The standard InChI is InChI=1S/C39H47N3O2/c43-38-26-31(25-36(34-17-18-34)39(38)44-29-30-11-4-1-5-12-30)27-40-21-10-22-41-35-19-23-42(24-20-35)28-37(32-13-6-2-7-14-32)33-15-8-3-9-16-33/h1-9,11-16,25-26,34-35,37,40-41,43H,10,17-24,27-29H2. The summed E-state index contributed by atoms with van der Waals surface area (Å²) in [7, 11) is 0. The van der Waals surface area contributed by atoms with Crippen molar-refractivity contribution in [2.45, 2.75) is 63.1 Å². The number of nitrogens with one attached hydrogen (secondary N) is 2. The second-order valence-electron chi connectivity index (χ2n) is 12.5. The highest BCUT2D eigenvalue weighted by Crippen LogP contribution is 2.48. The van der Waals surface area contributed by atoms with E-state index in [-0.39, 0.29) is 5.75 Å². The number of rotatable bonds is 15. The van der Waals surface area contributed by atoms with Crippen molar-refractivity contribution < 1.29 is 9.84 Å². The van der Waals surface area contributed by atoms with Crippen LogP contribution in [-0.4, -0.2) is 48.8 Å². The molecule has 0 bridgehead atoms. The summed E-state index contributed by atoms with van der Waals surface area (Å²) in [6.07, 6.45) is 5.83. The molecule has 6 rings (SSSR count). The average Bonchev–Trinajstić information content (AvgIpc) is 3.92. The molecule has 5 heteroatoms. The Morgan fingerprint density at radius 2 is 1.39 bits per heavy atom. The first kappa shape index (κ1) is 30.4. The molecule has 1 aliphatic heterocycles. The van der Waals surface area contributed by atoms with E-state index in [1.54, 1.807) is 0 Å². The molecule has 0 amide bonds. The Kier molecular flexibility index (Phi) is 10.6. The van der Waals surface area contributed by atoms with Crippen LogP contribution in [0.5, 0.6) is 11.5 Å². The number of likely N-dealkylation sites (tertiary alicyclic amines) is 1. The summed E-state index contributed by atoms with van der Waals surface area (Å²) in [6, 6.07) is 36.8. The van der Waals surface area contributed by atoms with Gasteiger partial charge in [-0.25, -0.2) is 0 Å². The molecule has 0 radical (unpaired) electrons. The lowest BCUT2D eigenvalue weighted by atomic mass is 9.90. The van der Waals surface area contributed by atoms with Crippen molar-refractivity contribution in [3.8, 4) is 11.5 Å². The van der Waals surface area contributed by atoms with Gasteiger partial charge in [-0.15, -0.1) is 0 Å². The van der Waals surface area contributed by atoms with Crippen molar-refractivity contribution >= 4 is 0 Å². The molecule has 0 spiro atoms. The second-order valence-corrected chi connectivity index (χ2v) is 12.5. The number of ether oxygens (including phenoxy) is 1. The predicted molar refractivity (Wildman–Crippen MR) is 179 cm³/mol. The van der Waals surface area contributed by atoms with Crippen LogP contribution in [0.25, 0.3) is 0 Å². The summed E-state index contributed by atoms with van der Waals surface area (Å²) in [4.78, 5) is 2.65. The monoisotopic (exact) mass is 589 g/mol. The zero-order chi connectivity index (χ0) is 30.0. The average molecular weight is 590 g/mol. The van der Waals surface area contributed by atoms with Gasteiger partial charge < -0.3 is 25.4 Å². The van der Waals surface area contributed by atoms with Gasteiger partial charge in [0.25, 0.3) is 0 Å². The lowest BCUT2D eigenvalue weighted by Gasteiger charge is -2.35. The maximum atomic E-state index is 10.8. The molecule has 2 aliphatic rings. The van der Waals surface area contributed by atoms with Gasteiger partial charge >= 0.3 is 0 Å². The van der Waals surface area contributed by atoms with Gasteiger partial charge in [0.05, 0.1) is 0 Å². The summed E-state index contributed by atoms with van der Waals surface area (Å²) in [5.74, 6) is 1.83. The third kappa shape index (κ3) is 8.50. The summed E-state index contributed by atoms with van der Waals surface area (Å²) in [5, 5.41) is 18.2. The molecule has 44 heavy (non-hydrogen) atoms. The number of hydrogen-bond donors (Lipinski definition) is 3. The smallest absolute Gasteiger partial charge is 0.164 e. The van der Waals surface area contributed by atoms with Crippen molar-refractivity contribution in [2.24, 2.45) is 0 Å². The molecule has 0 atom stereocenters. The van der Waals surface area contributed by atoms with Crippen LogP contribution >= 0.6 is 0 Å². The fraction of sp³-hybridized carbons (Fsp3) is 0.385. The quantitative estimate of drug-likeness (QED) is 0.128. The van der Waals surface area contributed by atoms with E-state index < -0.39 is 0 Å². The van der Waals surface area contributed by atoms with Crippen molar-refractivity contribution in [3.05, 3.63) is 131 Å². The minimum absolute atomic E-state index is 0.258. The van der Waals surface area contributed by atoms with Gasteiger partial charge in [0, 0.05) is 30.6 Å². The van der Waals surface area contributed by atoms with E-state index in [9.17, 15) is 5.11 Å². The highest BCUT2D eigenvalue weighted by Gasteiger charge is 2.29. The fourth-order valence-electron chi connectivity index (χ4n) is 6.49. The van der Waals surface area contributed by atoms with Crippen LogP contribution in [0.1, 0.15) is 71.8 Å². The van der Waals surface area contributed by atoms with Crippen LogP contribution in [0.4, 0.5) is 0 Å². The summed E-state index contributed by atoms with van der Waals surface area (Å²) < 4.78 is 6.11. The minimum Gasteiger partial charge on any atom is -0.504 e. The second kappa shape index (κ2) is 15.4. The van der Waals surface area contributed by atoms with Gasteiger partial charge in [-0.1, -0.05) is 97.1 Å². The normalized spacial score (nSPS) is 15.9. The summed E-state index contributed by atoms with van der Waals surface area (Å²) >= 11 is 0. The van der Waals surface area contributed by atoms with E-state index in [0.717, 1.165) is 62.4 Å². The molecule has 2 fully saturated rings. The van der Waals surface area contributed by atoms with Gasteiger partial charge in [0.15, 0.2) is 11.5 Å². The highest BCUT2D eigenvalue weighted by molar-refractivity contribution is 5.51. The van der Waals surface area contributed by atoms with Crippen LogP contribution in [0.15, 0.2) is 103 Å². The lowest BCUT2D eigenvalue weighted by molar-refractivity contribution is 0.193. The van der Waals surface area contributed by atoms with Crippen LogP contribution in [-0.2, 0) is 13.2 Å². The third-order valence-electron chi connectivity index (χ3n) is 9.13. The zero-order valence-electron chi connectivity index (χ0n) is 25.8. The van der Waals surface area contributed by atoms with Crippen LogP contribution in [0.2, 0.25) is 0 Å². The zero-order valence-corrected chi connectivity index (χ0v) is 25.8. The van der Waals surface area contributed by atoms with Crippen molar-refractivity contribution in [3.63, 3.8) is 0 Å². The first-order valence-electron chi connectivity index (χ1n) is 16.5. The number of benzene rings is 4. The van der Waals surface area contributed by atoms with Crippen molar-refractivity contribution in [1.29, 1.82) is 0 Å². The molecule has 0 unspecified atom stereocenters. The van der Waals surface area contributed by atoms with Crippen LogP contribution in [0.3, 0.4) is 0 Å². The Labute approximate surface area is 263 Å².